The Bertz CT molecular complexity index is 433. The Labute approximate surface area is 78.6 Å². The van der Waals surface area contributed by atoms with E-state index in [2.05, 4.69) is 26.0 Å². The van der Waals surface area contributed by atoms with E-state index in [-0.39, 0.29) is 0 Å². The van der Waals surface area contributed by atoms with Crippen LogP contribution >= 0.6 is 15.9 Å². The first-order chi connectivity index (χ1) is 5.68. The molecule has 12 heavy (non-hydrogen) atoms. The Hall–Kier alpha value is -0.900. The van der Waals surface area contributed by atoms with Crippen molar-refractivity contribution in [1.29, 1.82) is 0 Å². The van der Waals surface area contributed by atoms with Crippen molar-refractivity contribution in [2.45, 2.75) is 13.8 Å². The fourth-order valence-electron chi connectivity index (χ4n) is 1.11. The molecule has 0 N–H and O–H groups in total. The first-order valence-electron chi connectivity index (χ1n) is 3.66. The molecule has 0 atom stereocenters. The van der Waals surface area contributed by atoms with E-state index in [0.29, 0.717) is 0 Å². The molecular weight excluding hydrogens is 218 g/mol. The minimum atomic E-state index is 0.888. The molecule has 3 nitrogen and oxygen atoms in total. The van der Waals surface area contributed by atoms with Gasteiger partial charge in [0.15, 0.2) is 5.65 Å². The molecule has 62 valence electrons. The predicted octanol–water partition coefficient (Wildman–Crippen LogP) is 2.11. The van der Waals surface area contributed by atoms with E-state index in [4.69, 9.17) is 0 Å². The van der Waals surface area contributed by atoms with Gasteiger partial charge in [0.2, 0.25) is 0 Å². The monoisotopic (exact) mass is 225 g/mol. The zero-order valence-electron chi connectivity index (χ0n) is 6.87. The van der Waals surface area contributed by atoms with Gasteiger partial charge in [-0.3, -0.25) is 0 Å². The fraction of sp³-hybridized carbons (Fsp3) is 0.250. The van der Waals surface area contributed by atoms with Crippen molar-refractivity contribution in [2.75, 3.05) is 0 Å². The number of nitrogens with zero attached hydrogens (tertiary/aromatic N) is 3. The van der Waals surface area contributed by atoms with Gasteiger partial charge in [0.05, 0.1) is 11.9 Å². The Morgan fingerprint density at radius 2 is 2.17 bits per heavy atom. The van der Waals surface area contributed by atoms with Crippen molar-refractivity contribution >= 4 is 21.6 Å². The van der Waals surface area contributed by atoms with Crippen molar-refractivity contribution in [2.24, 2.45) is 0 Å². The summed E-state index contributed by atoms with van der Waals surface area (Å²) in [5, 5.41) is 4.21. The second-order valence-corrected chi connectivity index (χ2v) is 3.54. The second-order valence-electron chi connectivity index (χ2n) is 2.79. The molecule has 0 unspecified atom stereocenters. The lowest BCUT2D eigenvalue weighted by atomic mass is 10.3. The van der Waals surface area contributed by atoms with Gasteiger partial charge in [0, 0.05) is 0 Å². The third-order valence-electron chi connectivity index (χ3n) is 1.72. The summed E-state index contributed by atoms with van der Waals surface area (Å²) < 4.78 is 2.71. The molecule has 4 heteroatoms. The predicted molar refractivity (Wildman–Crippen MR) is 50.2 cm³/mol. The van der Waals surface area contributed by atoms with Crippen LogP contribution < -0.4 is 0 Å². The standard InChI is InChI=1S/C8H8BrN3/c1-5-3-7-11-6(2)8(9)12(7)10-4-5/h3-4H,1-2H3. The third-order valence-corrected chi connectivity index (χ3v) is 2.63. The number of rotatable bonds is 0. The van der Waals surface area contributed by atoms with Crippen LogP contribution in [0.25, 0.3) is 5.65 Å². The van der Waals surface area contributed by atoms with Crippen LogP contribution in [-0.2, 0) is 0 Å². The Morgan fingerprint density at radius 3 is 2.92 bits per heavy atom. The number of halogens is 1. The van der Waals surface area contributed by atoms with Gasteiger partial charge in [0.25, 0.3) is 0 Å². The van der Waals surface area contributed by atoms with Gasteiger partial charge >= 0.3 is 0 Å². The molecule has 0 spiro atoms. The van der Waals surface area contributed by atoms with Gasteiger partial charge in [-0.2, -0.15) is 5.10 Å². The number of hydrogen-bond acceptors (Lipinski definition) is 2. The third kappa shape index (κ3) is 1.03. The van der Waals surface area contributed by atoms with E-state index in [9.17, 15) is 0 Å². The molecule has 0 amide bonds. The molecular formula is C8H8BrN3. The van der Waals surface area contributed by atoms with Crippen molar-refractivity contribution in [3.8, 4) is 0 Å². The van der Waals surface area contributed by atoms with Crippen LogP contribution in [0.3, 0.4) is 0 Å². The molecule has 2 aromatic heterocycles. The summed E-state index contributed by atoms with van der Waals surface area (Å²) in [5.41, 5.74) is 2.98. The van der Waals surface area contributed by atoms with E-state index < -0.39 is 0 Å². The summed E-state index contributed by atoms with van der Waals surface area (Å²) in [6, 6.07) is 2.00. The first kappa shape index (κ1) is 7.73. The van der Waals surface area contributed by atoms with Crippen molar-refractivity contribution in [1.82, 2.24) is 14.6 Å². The second kappa shape index (κ2) is 2.55. The summed E-state index contributed by atoms with van der Waals surface area (Å²) >= 11 is 3.41. The topological polar surface area (TPSA) is 30.2 Å². The van der Waals surface area contributed by atoms with Gasteiger partial charge in [-0.15, -0.1) is 0 Å². The molecule has 0 fully saturated rings. The van der Waals surface area contributed by atoms with E-state index >= 15 is 0 Å². The normalized spacial score (nSPS) is 10.9. The van der Waals surface area contributed by atoms with E-state index in [1.807, 2.05) is 26.1 Å². The highest BCUT2D eigenvalue weighted by Crippen LogP contribution is 2.16. The average Bonchev–Trinajstić information content (AvgIpc) is 2.28. The highest BCUT2D eigenvalue weighted by Gasteiger charge is 2.05. The lowest BCUT2D eigenvalue weighted by Crippen LogP contribution is -1.91. The van der Waals surface area contributed by atoms with Gasteiger partial charge in [-0.25, -0.2) is 9.50 Å². The van der Waals surface area contributed by atoms with Gasteiger partial charge in [0.1, 0.15) is 4.60 Å². The number of imidazole rings is 1. The fourth-order valence-corrected chi connectivity index (χ4v) is 1.47. The quantitative estimate of drug-likeness (QED) is 0.688. The largest absolute Gasteiger partial charge is 0.231 e. The van der Waals surface area contributed by atoms with Crippen LogP contribution in [0.1, 0.15) is 11.3 Å². The highest BCUT2D eigenvalue weighted by atomic mass is 79.9. The molecule has 0 saturated heterocycles. The van der Waals surface area contributed by atoms with E-state index in [1.54, 1.807) is 4.52 Å². The van der Waals surface area contributed by atoms with Gasteiger partial charge < -0.3 is 0 Å². The minimum absolute atomic E-state index is 0.888. The Kier molecular flexibility index (Phi) is 1.65. The van der Waals surface area contributed by atoms with Crippen LogP contribution in [0, 0.1) is 13.8 Å². The maximum atomic E-state index is 4.33. The summed E-state index contributed by atoms with van der Waals surface area (Å²) in [7, 11) is 0. The smallest absolute Gasteiger partial charge is 0.155 e. The Balaban J connectivity index is 2.87. The van der Waals surface area contributed by atoms with E-state index in [1.165, 1.54) is 0 Å². The van der Waals surface area contributed by atoms with Crippen LogP contribution in [0.2, 0.25) is 0 Å². The van der Waals surface area contributed by atoms with Crippen LogP contribution in [-0.4, -0.2) is 14.6 Å². The summed E-state index contributed by atoms with van der Waals surface area (Å²) in [6.45, 7) is 3.96. The van der Waals surface area contributed by atoms with Crippen molar-refractivity contribution in [3.63, 3.8) is 0 Å². The van der Waals surface area contributed by atoms with Crippen LogP contribution in [0.4, 0.5) is 0 Å². The summed E-state index contributed by atoms with van der Waals surface area (Å²) in [6.07, 6.45) is 1.82. The van der Waals surface area contributed by atoms with Gasteiger partial charge in [-0.05, 0) is 41.4 Å². The molecule has 0 bridgehead atoms. The average molecular weight is 226 g/mol. The summed E-state index contributed by atoms with van der Waals surface area (Å²) in [4.78, 5) is 4.33. The number of aryl methyl sites for hydroxylation is 2. The number of aromatic nitrogens is 3. The lowest BCUT2D eigenvalue weighted by molar-refractivity contribution is 0.905. The summed E-state index contributed by atoms with van der Waals surface area (Å²) in [5.74, 6) is 0. The van der Waals surface area contributed by atoms with Crippen LogP contribution in [0.15, 0.2) is 16.9 Å². The van der Waals surface area contributed by atoms with Gasteiger partial charge in [-0.1, -0.05) is 0 Å². The number of hydrogen-bond donors (Lipinski definition) is 0. The lowest BCUT2D eigenvalue weighted by Gasteiger charge is -1.93. The first-order valence-corrected chi connectivity index (χ1v) is 4.45. The zero-order valence-corrected chi connectivity index (χ0v) is 8.46. The maximum absolute atomic E-state index is 4.33. The molecule has 0 aliphatic heterocycles. The van der Waals surface area contributed by atoms with Crippen LogP contribution in [0.5, 0.6) is 0 Å². The molecule has 0 radical (unpaired) electrons. The van der Waals surface area contributed by atoms with Crippen molar-refractivity contribution < 1.29 is 0 Å². The SMILES string of the molecule is Cc1cnn2c(Br)c(C)nc2c1. The molecule has 2 aromatic rings. The van der Waals surface area contributed by atoms with E-state index in [0.717, 1.165) is 21.5 Å². The Morgan fingerprint density at radius 1 is 1.42 bits per heavy atom. The van der Waals surface area contributed by atoms with Crippen molar-refractivity contribution in [3.05, 3.63) is 28.1 Å². The molecule has 0 aliphatic carbocycles. The highest BCUT2D eigenvalue weighted by molar-refractivity contribution is 9.10. The minimum Gasteiger partial charge on any atom is -0.231 e. The maximum Gasteiger partial charge on any atom is 0.155 e. The molecule has 0 saturated carbocycles. The molecule has 0 aromatic carbocycles. The molecule has 2 heterocycles. The zero-order chi connectivity index (χ0) is 8.72. The number of fused-ring (bicyclic) bond motifs is 1. The molecule has 0 aliphatic rings. The molecule has 2 rings (SSSR count).